The molecule has 0 fully saturated rings. The van der Waals surface area contributed by atoms with Gasteiger partial charge in [-0.3, -0.25) is 4.79 Å². The predicted octanol–water partition coefficient (Wildman–Crippen LogP) is 3.57. The molecule has 0 atom stereocenters. The number of benzene rings is 2. The summed E-state index contributed by atoms with van der Waals surface area (Å²) in [7, 11) is 3.86. The molecule has 7 nitrogen and oxygen atoms in total. The van der Waals surface area contributed by atoms with Crippen molar-refractivity contribution in [2.24, 2.45) is 0 Å². The number of hydrogen-bond donors (Lipinski definition) is 2. The van der Waals surface area contributed by atoms with E-state index in [0.717, 1.165) is 5.56 Å². The van der Waals surface area contributed by atoms with E-state index in [0.29, 0.717) is 41.8 Å². The van der Waals surface area contributed by atoms with Crippen molar-refractivity contribution in [1.29, 1.82) is 0 Å². The highest BCUT2D eigenvalue weighted by atomic mass is 35.5. The second-order valence-corrected chi connectivity index (χ2v) is 7.13. The summed E-state index contributed by atoms with van der Waals surface area (Å²) in [6.07, 6.45) is 2.76. The van der Waals surface area contributed by atoms with Crippen molar-refractivity contribution in [3.05, 3.63) is 65.1 Å². The second-order valence-electron chi connectivity index (χ2n) is 6.69. The van der Waals surface area contributed by atoms with E-state index in [1.165, 1.54) is 18.7 Å². The van der Waals surface area contributed by atoms with Gasteiger partial charge in [0.1, 0.15) is 18.1 Å². The zero-order chi connectivity index (χ0) is 20.8. The average Bonchev–Trinajstić information content (AvgIpc) is 3.22. The summed E-state index contributed by atoms with van der Waals surface area (Å²) >= 11 is 5.89. The molecule has 0 saturated carbocycles. The van der Waals surface area contributed by atoms with E-state index < -0.39 is 0 Å². The zero-order valence-corrected chi connectivity index (χ0v) is 16.9. The summed E-state index contributed by atoms with van der Waals surface area (Å²) in [5.41, 5.74) is 1.54. The number of hydrogen-bond acceptors (Lipinski definition) is 6. The SMILES string of the molecule is CN(C)CCOc1cc(-c2cnco2)c(O)cc1C(=O)NCc1ccc(Cl)cc1. The quantitative estimate of drug-likeness (QED) is 0.584. The van der Waals surface area contributed by atoms with Crippen molar-refractivity contribution < 1.29 is 19.1 Å². The van der Waals surface area contributed by atoms with E-state index >= 15 is 0 Å². The Morgan fingerprint density at radius 1 is 1.28 bits per heavy atom. The summed E-state index contributed by atoms with van der Waals surface area (Å²) in [5.74, 6) is 0.273. The van der Waals surface area contributed by atoms with Crippen LogP contribution in [-0.2, 0) is 6.54 Å². The molecule has 29 heavy (non-hydrogen) atoms. The molecular weight excluding hydrogens is 394 g/mol. The number of nitrogens with one attached hydrogen (secondary N) is 1. The first kappa shape index (κ1) is 20.7. The smallest absolute Gasteiger partial charge is 0.255 e. The minimum atomic E-state index is -0.362. The first-order chi connectivity index (χ1) is 13.9. The third-order valence-electron chi connectivity index (χ3n) is 4.20. The van der Waals surface area contributed by atoms with Gasteiger partial charge in [-0.1, -0.05) is 23.7 Å². The molecule has 2 N–H and O–H groups in total. The van der Waals surface area contributed by atoms with Crippen LogP contribution < -0.4 is 10.1 Å². The monoisotopic (exact) mass is 415 g/mol. The lowest BCUT2D eigenvalue weighted by atomic mass is 10.1. The number of nitrogens with zero attached hydrogens (tertiary/aromatic N) is 2. The number of phenols is 1. The molecular formula is C21H22ClN3O4. The van der Waals surface area contributed by atoms with Gasteiger partial charge in [-0.2, -0.15) is 0 Å². The van der Waals surface area contributed by atoms with Gasteiger partial charge in [-0.05, 0) is 43.9 Å². The third kappa shape index (κ3) is 5.49. The Hall–Kier alpha value is -3.03. The van der Waals surface area contributed by atoms with Gasteiger partial charge in [0.05, 0.1) is 17.3 Å². The van der Waals surface area contributed by atoms with Gasteiger partial charge >= 0.3 is 0 Å². The topological polar surface area (TPSA) is 87.8 Å². The zero-order valence-electron chi connectivity index (χ0n) is 16.2. The van der Waals surface area contributed by atoms with Crippen molar-refractivity contribution in [1.82, 2.24) is 15.2 Å². The molecule has 0 unspecified atom stereocenters. The lowest BCUT2D eigenvalue weighted by Crippen LogP contribution is -2.24. The maximum atomic E-state index is 12.8. The van der Waals surface area contributed by atoms with E-state index in [1.807, 2.05) is 31.1 Å². The van der Waals surface area contributed by atoms with Gasteiger partial charge in [0.15, 0.2) is 12.2 Å². The van der Waals surface area contributed by atoms with Crippen LogP contribution in [-0.4, -0.2) is 48.1 Å². The molecule has 152 valence electrons. The lowest BCUT2D eigenvalue weighted by molar-refractivity contribution is 0.0946. The van der Waals surface area contributed by atoms with Crippen LogP contribution in [0.4, 0.5) is 0 Å². The van der Waals surface area contributed by atoms with E-state index in [1.54, 1.807) is 18.2 Å². The van der Waals surface area contributed by atoms with Crippen molar-refractivity contribution in [2.75, 3.05) is 27.2 Å². The van der Waals surface area contributed by atoms with Crippen LogP contribution in [0, 0.1) is 0 Å². The first-order valence-corrected chi connectivity index (χ1v) is 9.38. The van der Waals surface area contributed by atoms with E-state index in [2.05, 4.69) is 10.3 Å². The number of carbonyl (C=O) groups is 1. The number of oxazole rings is 1. The molecule has 3 rings (SSSR count). The molecule has 8 heteroatoms. The summed E-state index contributed by atoms with van der Waals surface area (Å²) in [6, 6.07) is 10.2. The Kier molecular flexibility index (Phi) is 6.74. The Morgan fingerprint density at radius 2 is 2.03 bits per heavy atom. The van der Waals surface area contributed by atoms with E-state index in [4.69, 9.17) is 20.8 Å². The van der Waals surface area contributed by atoms with Crippen LogP contribution in [0.3, 0.4) is 0 Å². The van der Waals surface area contributed by atoms with E-state index in [9.17, 15) is 9.90 Å². The molecule has 0 saturated heterocycles. The fraction of sp³-hybridized carbons (Fsp3) is 0.238. The fourth-order valence-electron chi connectivity index (χ4n) is 2.63. The minimum absolute atomic E-state index is 0.0987. The van der Waals surface area contributed by atoms with Gasteiger partial charge in [-0.25, -0.2) is 4.98 Å². The predicted molar refractivity (Wildman–Crippen MR) is 110 cm³/mol. The normalized spacial score (nSPS) is 10.9. The van der Waals surface area contributed by atoms with Crippen LogP contribution in [0.15, 0.2) is 53.4 Å². The number of likely N-dealkylation sites (N-methyl/N-ethyl adjacent to an activating group) is 1. The molecule has 0 spiro atoms. The molecule has 3 aromatic rings. The van der Waals surface area contributed by atoms with Gasteiger partial charge in [0.2, 0.25) is 0 Å². The van der Waals surface area contributed by atoms with Gasteiger partial charge in [0.25, 0.3) is 5.91 Å². The summed E-state index contributed by atoms with van der Waals surface area (Å²) in [5, 5.41) is 13.9. The fourth-order valence-corrected chi connectivity index (χ4v) is 2.76. The van der Waals surface area contributed by atoms with Crippen LogP contribution in [0.5, 0.6) is 11.5 Å². The highest BCUT2D eigenvalue weighted by molar-refractivity contribution is 6.30. The van der Waals surface area contributed by atoms with Crippen molar-refractivity contribution in [3.8, 4) is 22.8 Å². The largest absolute Gasteiger partial charge is 0.507 e. The van der Waals surface area contributed by atoms with Crippen LogP contribution in [0.2, 0.25) is 5.02 Å². The van der Waals surface area contributed by atoms with Gasteiger partial charge < -0.3 is 24.5 Å². The summed E-state index contributed by atoms with van der Waals surface area (Å²) in [4.78, 5) is 18.6. The molecule has 0 bridgehead atoms. The Bertz CT molecular complexity index is 957. The molecule has 0 aliphatic heterocycles. The highest BCUT2D eigenvalue weighted by Crippen LogP contribution is 2.35. The van der Waals surface area contributed by atoms with Crippen molar-refractivity contribution in [3.63, 3.8) is 0 Å². The molecule has 2 aromatic carbocycles. The minimum Gasteiger partial charge on any atom is -0.507 e. The molecule has 1 heterocycles. The molecule has 0 aliphatic carbocycles. The number of amides is 1. The summed E-state index contributed by atoms with van der Waals surface area (Å²) in [6.45, 7) is 1.37. The van der Waals surface area contributed by atoms with Crippen LogP contribution in [0.25, 0.3) is 11.3 Å². The third-order valence-corrected chi connectivity index (χ3v) is 4.45. The van der Waals surface area contributed by atoms with Crippen LogP contribution in [0.1, 0.15) is 15.9 Å². The van der Waals surface area contributed by atoms with Gasteiger partial charge in [-0.15, -0.1) is 0 Å². The highest BCUT2D eigenvalue weighted by Gasteiger charge is 2.19. The Balaban J connectivity index is 1.83. The molecule has 1 amide bonds. The molecule has 0 radical (unpaired) electrons. The Morgan fingerprint density at radius 3 is 2.69 bits per heavy atom. The number of halogens is 1. The second kappa shape index (κ2) is 9.45. The number of ether oxygens (including phenoxy) is 1. The number of aromatic nitrogens is 1. The van der Waals surface area contributed by atoms with E-state index in [-0.39, 0.29) is 17.2 Å². The van der Waals surface area contributed by atoms with Gasteiger partial charge in [0, 0.05) is 18.1 Å². The molecule has 1 aromatic heterocycles. The lowest BCUT2D eigenvalue weighted by Gasteiger charge is -2.16. The number of rotatable bonds is 8. The van der Waals surface area contributed by atoms with Crippen molar-refractivity contribution in [2.45, 2.75) is 6.54 Å². The maximum absolute atomic E-state index is 12.8. The first-order valence-electron chi connectivity index (χ1n) is 9.00. The number of carbonyl (C=O) groups excluding carboxylic acids is 1. The Labute approximate surface area is 173 Å². The number of phenolic OH excluding ortho intramolecular Hbond substituents is 1. The maximum Gasteiger partial charge on any atom is 0.255 e. The summed E-state index contributed by atoms with van der Waals surface area (Å²) < 4.78 is 11.1. The average molecular weight is 416 g/mol. The van der Waals surface area contributed by atoms with Crippen LogP contribution >= 0.6 is 11.6 Å². The standard InChI is InChI=1S/C21H22ClN3O4/c1-25(2)7-8-28-19-10-16(20-12-23-13-29-20)18(26)9-17(19)21(27)24-11-14-3-5-15(22)6-4-14/h3-6,9-10,12-13,26H,7-8,11H2,1-2H3,(H,24,27). The molecule has 0 aliphatic rings. The van der Waals surface area contributed by atoms with Crippen molar-refractivity contribution >= 4 is 17.5 Å². The number of aromatic hydroxyl groups is 1.